The molecule has 0 aliphatic carbocycles. The highest BCUT2D eigenvalue weighted by atomic mass is 32.2. The first-order valence-corrected chi connectivity index (χ1v) is 8.77. The standard InChI is InChI=1S/C16H14N6O5S/c1-2-27-13-6-4-3-5-11(13)15-18-19-16(20(15)17)28-14-8-7-10(21(23)24)9-12(14)22(25)26/h3-9H,2,17H2,1H3. The van der Waals surface area contributed by atoms with Gasteiger partial charge in [-0.3, -0.25) is 20.2 Å². The first-order chi connectivity index (χ1) is 13.4. The molecule has 0 saturated heterocycles. The Morgan fingerprint density at radius 2 is 1.89 bits per heavy atom. The van der Waals surface area contributed by atoms with Crippen molar-refractivity contribution >= 4 is 23.1 Å². The molecule has 0 aliphatic heterocycles. The molecule has 1 aromatic heterocycles. The predicted molar refractivity (Wildman–Crippen MR) is 101 cm³/mol. The fourth-order valence-electron chi connectivity index (χ4n) is 2.41. The molecule has 1 heterocycles. The van der Waals surface area contributed by atoms with E-state index in [2.05, 4.69) is 10.2 Å². The van der Waals surface area contributed by atoms with Crippen LogP contribution in [0.1, 0.15) is 6.92 Å². The first kappa shape index (κ1) is 19.1. The van der Waals surface area contributed by atoms with E-state index in [0.29, 0.717) is 23.7 Å². The van der Waals surface area contributed by atoms with Crippen LogP contribution in [0.3, 0.4) is 0 Å². The maximum atomic E-state index is 11.3. The van der Waals surface area contributed by atoms with Crippen LogP contribution >= 0.6 is 11.8 Å². The number of hydrogen-bond acceptors (Lipinski definition) is 9. The molecular weight excluding hydrogens is 388 g/mol. The highest BCUT2D eigenvalue weighted by Gasteiger charge is 2.23. The van der Waals surface area contributed by atoms with Gasteiger partial charge in [0, 0.05) is 6.07 Å². The zero-order valence-electron chi connectivity index (χ0n) is 14.5. The van der Waals surface area contributed by atoms with Crippen molar-refractivity contribution in [1.29, 1.82) is 0 Å². The molecule has 11 nitrogen and oxygen atoms in total. The average molecular weight is 402 g/mol. The number of rotatable bonds is 7. The van der Waals surface area contributed by atoms with Gasteiger partial charge < -0.3 is 10.6 Å². The lowest BCUT2D eigenvalue weighted by Crippen LogP contribution is -2.12. The largest absolute Gasteiger partial charge is 0.493 e. The zero-order valence-corrected chi connectivity index (χ0v) is 15.3. The Morgan fingerprint density at radius 3 is 2.57 bits per heavy atom. The number of nitro groups is 2. The molecule has 0 spiro atoms. The van der Waals surface area contributed by atoms with Crippen LogP contribution in [0.15, 0.2) is 52.5 Å². The summed E-state index contributed by atoms with van der Waals surface area (Å²) in [6.07, 6.45) is 0. The normalized spacial score (nSPS) is 10.6. The summed E-state index contributed by atoms with van der Waals surface area (Å²) in [7, 11) is 0. The molecule has 0 aliphatic rings. The van der Waals surface area contributed by atoms with E-state index in [9.17, 15) is 20.2 Å². The van der Waals surface area contributed by atoms with Crippen LogP contribution in [0.2, 0.25) is 0 Å². The second kappa shape index (κ2) is 7.92. The smallest absolute Gasteiger partial charge is 0.290 e. The van der Waals surface area contributed by atoms with Crippen molar-refractivity contribution < 1.29 is 14.6 Å². The quantitative estimate of drug-likeness (QED) is 0.357. The SMILES string of the molecule is CCOc1ccccc1-c1nnc(Sc2ccc([N+](=O)[O-])cc2[N+](=O)[O-])n1N. The van der Waals surface area contributed by atoms with Crippen LogP contribution < -0.4 is 10.6 Å². The summed E-state index contributed by atoms with van der Waals surface area (Å²) in [5.74, 6) is 6.98. The van der Waals surface area contributed by atoms with Crippen LogP contribution in [0.4, 0.5) is 11.4 Å². The third kappa shape index (κ3) is 3.71. The fraction of sp³-hybridized carbons (Fsp3) is 0.125. The Bertz CT molecular complexity index is 1050. The third-order valence-electron chi connectivity index (χ3n) is 3.64. The van der Waals surface area contributed by atoms with E-state index >= 15 is 0 Å². The molecule has 144 valence electrons. The molecule has 12 heteroatoms. The first-order valence-electron chi connectivity index (χ1n) is 7.95. The molecule has 28 heavy (non-hydrogen) atoms. The number of nitrogens with zero attached hydrogens (tertiary/aromatic N) is 5. The van der Waals surface area contributed by atoms with Gasteiger partial charge in [0.1, 0.15) is 5.75 Å². The number of hydrogen-bond donors (Lipinski definition) is 1. The van der Waals surface area contributed by atoms with Gasteiger partial charge in [-0.2, -0.15) is 0 Å². The predicted octanol–water partition coefficient (Wildman–Crippen LogP) is 3.03. The number of nitrogens with two attached hydrogens (primary N) is 1. The zero-order chi connectivity index (χ0) is 20.3. The van der Waals surface area contributed by atoms with Gasteiger partial charge in [-0.05, 0) is 36.9 Å². The molecular formula is C16H14N6O5S. The minimum absolute atomic E-state index is 0.152. The number of benzene rings is 2. The molecule has 0 atom stereocenters. The number of non-ortho nitro benzene ring substituents is 1. The summed E-state index contributed by atoms with van der Waals surface area (Å²) in [5.41, 5.74) is -0.181. The number of aromatic nitrogens is 3. The van der Waals surface area contributed by atoms with Crippen LogP contribution in [0.25, 0.3) is 11.4 Å². The lowest BCUT2D eigenvalue weighted by molar-refractivity contribution is -0.396. The number of ether oxygens (including phenoxy) is 1. The summed E-state index contributed by atoms with van der Waals surface area (Å²) >= 11 is 0.884. The maximum absolute atomic E-state index is 11.3. The minimum Gasteiger partial charge on any atom is -0.493 e. The third-order valence-corrected chi connectivity index (χ3v) is 4.67. The van der Waals surface area contributed by atoms with Gasteiger partial charge in [-0.15, -0.1) is 10.2 Å². The van der Waals surface area contributed by atoms with E-state index in [1.54, 1.807) is 18.2 Å². The van der Waals surface area contributed by atoms with Crippen LogP contribution in [0.5, 0.6) is 5.75 Å². The van der Waals surface area contributed by atoms with Crippen molar-refractivity contribution in [3.63, 3.8) is 0 Å². The van der Waals surface area contributed by atoms with Crippen molar-refractivity contribution in [3.05, 3.63) is 62.7 Å². The van der Waals surface area contributed by atoms with Crippen molar-refractivity contribution in [2.75, 3.05) is 12.4 Å². The molecule has 0 bridgehead atoms. The van der Waals surface area contributed by atoms with Gasteiger partial charge in [0.15, 0.2) is 5.82 Å². The summed E-state index contributed by atoms with van der Waals surface area (Å²) in [5, 5.41) is 30.4. The maximum Gasteiger partial charge on any atom is 0.290 e. The summed E-state index contributed by atoms with van der Waals surface area (Å²) in [6, 6.07) is 10.5. The molecule has 0 amide bonds. The van der Waals surface area contributed by atoms with Crippen LogP contribution in [-0.2, 0) is 0 Å². The van der Waals surface area contributed by atoms with E-state index in [0.717, 1.165) is 17.8 Å². The molecule has 3 rings (SSSR count). The van der Waals surface area contributed by atoms with Gasteiger partial charge in [0.2, 0.25) is 5.16 Å². The van der Waals surface area contributed by atoms with E-state index < -0.39 is 15.5 Å². The number of nitro benzene ring substituents is 2. The molecule has 0 radical (unpaired) electrons. The second-order valence-electron chi connectivity index (χ2n) is 5.37. The highest BCUT2D eigenvalue weighted by molar-refractivity contribution is 7.99. The summed E-state index contributed by atoms with van der Waals surface area (Å²) < 4.78 is 6.75. The Labute approximate surface area is 162 Å². The van der Waals surface area contributed by atoms with Crippen LogP contribution in [0, 0.1) is 20.2 Å². The monoisotopic (exact) mass is 402 g/mol. The van der Waals surface area contributed by atoms with Crippen molar-refractivity contribution in [2.45, 2.75) is 17.0 Å². The van der Waals surface area contributed by atoms with Crippen molar-refractivity contribution in [1.82, 2.24) is 14.9 Å². The van der Waals surface area contributed by atoms with Gasteiger partial charge in [-0.1, -0.05) is 12.1 Å². The van der Waals surface area contributed by atoms with E-state index in [4.69, 9.17) is 10.6 Å². The van der Waals surface area contributed by atoms with Crippen molar-refractivity contribution in [2.24, 2.45) is 0 Å². The molecule has 0 unspecified atom stereocenters. The Hall–Kier alpha value is -3.67. The highest BCUT2D eigenvalue weighted by Crippen LogP contribution is 2.37. The van der Waals surface area contributed by atoms with Gasteiger partial charge in [0.05, 0.1) is 33.0 Å². The second-order valence-corrected chi connectivity index (χ2v) is 6.38. The average Bonchev–Trinajstić information content (AvgIpc) is 3.03. The minimum atomic E-state index is -0.699. The molecule has 0 fully saturated rings. The Balaban J connectivity index is 1.98. The van der Waals surface area contributed by atoms with Crippen LogP contribution in [-0.4, -0.2) is 31.3 Å². The van der Waals surface area contributed by atoms with Gasteiger partial charge >= 0.3 is 0 Å². The molecule has 2 aromatic carbocycles. The molecule has 3 aromatic rings. The topological polar surface area (TPSA) is 152 Å². The summed E-state index contributed by atoms with van der Waals surface area (Å²) in [6.45, 7) is 2.30. The lowest BCUT2D eigenvalue weighted by atomic mass is 10.2. The lowest BCUT2D eigenvalue weighted by Gasteiger charge is -2.09. The number of nitrogen functional groups attached to an aromatic ring is 1. The van der Waals surface area contributed by atoms with E-state index in [1.165, 1.54) is 16.8 Å². The molecule has 0 saturated carbocycles. The Kier molecular flexibility index (Phi) is 5.40. The van der Waals surface area contributed by atoms with Gasteiger partial charge in [-0.25, -0.2) is 4.68 Å². The molecule has 2 N–H and O–H groups in total. The fourth-order valence-corrected chi connectivity index (χ4v) is 3.25. The number of para-hydroxylation sites is 1. The van der Waals surface area contributed by atoms with Crippen molar-refractivity contribution in [3.8, 4) is 17.1 Å². The van der Waals surface area contributed by atoms with E-state index in [1.807, 2.05) is 13.0 Å². The summed E-state index contributed by atoms with van der Waals surface area (Å²) in [4.78, 5) is 20.9. The van der Waals surface area contributed by atoms with E-state index in [-0.39, 0.29) is 15.7 Å². The van der Waals surface area contributed by atoms with Gasteiger partial charge in [0.25, 0.3) is 11.4 Å². The Morgan fingerprint density at radius 1 is 1.14 bits per heavy atom.